The lowest BCUT2D eigenvalue weighted by Crippen LogP contribution is -2.18. The van der Waals surface area contributed by atoms with Crippen LogP contribution in [-0.2, 0) is 9.53 Å². The molecule has 0 aromatic heterocycles. The van der Waals surface area contributed by atoms with Gasteiger partial charge < -0.3 is 4.74 Å². The molecule has 0 atom stereocenters. The van der Waals surface area contributed by atoms with Crippen molar-refractivity contribution >= 4 is 27.6 Å². The molecule has 1 N–H and O–H groups in total. The van der Waals surface area contributed by atoms with Crippen molar-refractivity contribution in [1.82, 2.24) is 0 Å². The first-order valence-corrected chi connectivity index (χ1v) is 5.37. The van der Waals surface area contributed by atoms with Crippen molar-refractivity contribution in [2.24, 2.45) is 0 Å². The fourth-order valence-electron chi connectivity index (χ4n) is 1.22. The van der Waals surface area contributed by atoms with E-state index in [-0.39, 0.29) is 12.3 Å². The molecule has 0 aliphatic heterocycles. The zero-order valence-corrected chi connectivity index (χ0v) is 10.2. The van der Waals surface area contributed by atoms with E-state index < -0.39 is 5.97 Å². The van der Waals surface area contributed by atoms with Crippen molar-refractivity contribution in [3.05, 3.63) is 33.8 Å². The van der Waals surface area contributed by atoms with E-state index in [1.807, 2.05) is 13.0 Å². The van der Waals surface area contributed by atoms with Crippen molar-refractivity contribution in [2.45, 2.75) is 13.8 Å². The lowest BCUT2D eigenvalue weighted by Gasteiger charge is -2.07. The molecular formula is C11H12BrNO2. The molecule has 1 rings (SSSR count). The first kappa shape index (κ1) is 11.9. The van der Waals surface area contributed by atoms with Gasteiger partial charge in [0.25, 0.3) is 0 Å². The first-order chi connectivity index (χ1) is 7.06. The summed E-state index contributed by atoms with van der Waals surface area (Å²) in [4.78, 5) is 11.3. The van der Waals surface area contributed by atoms with Crippen LogP contribution in [-0.4, -0.2) is 18.3 Å². The monoisotopic (exact) mass is 269 g/mol. The number of carbonyl (C=O) groups is 1. The Morgan fingerprint density at radius 2 is 2.20 bits per heavy atom. The van der Waals surface area contributed by atoms with Gasteiger partial charge in [-0.05, 0) is 31.5 Å². The predicted molar refractivity (Wildman–Crippen MR) is 62.3 cm³/mol. The molecule has 0 bridgehead atoms. The van der Waals surface area contributed by atoms with Gasteiger partial charge in [-0.15, -0.1) is 0 Å². The Balaban J connectivity index is 2.96. The fraction of sp³-hybridized carbons (Fsp3) is 0.273. The number of aryl methyl sites for hydroxylation is 1. The second-order valence-corrected chi connectivity index (χ2v) is 3.97. The van der Waals surface area contributed by atoms with Gasteiger partial charge in [0, 0.05) is 10.0 Å². The molecule has 4 heteroatoms. The van der Waals surface area contributed by atoms with Crippen LogP contribution >= 0.6 is 15.9 Å². The summed E-state index contributed by atoms with van der Waals surface area (Å²) >= 11 is 3.33. The normalized spacial score (nSPS) is 9.80. The van der Waals surface area contributed by atoms with E-state index >= 15 is 0 Å². The Morgan fingerprint density at radius 1 is 1.53 bits per heavy atom. The van der Waals surface area contributed by atoms with E-state index in [9.17, 15) is 4.79 Å². The lowest BCUT2D eigenvalue weighted by molar-refractivity contribution is -0.135. The zero-order valence-electron chi connectivity index (χ0n) is 8.63. The number of benzene rings is 1. The van der Waals surface area contributed by atoms with E-state index in [1.54, 1.807) is 19.1 Å². The molecular weight excluding hydrogens is 258 g/mol. The number of rotatable bonds is 3. The minimum Gasteiger partial charge on any atom is -0.461 e. The molecule has 0 aliphatic rings. The molecule has 0 saturated heterocycles. The second-order valence-electron chi connectivity index (χ2n) is 3.05. The Hall–Kier alpha value is -1.16. The number of esters is 1. The van der Waals surface area contributed by atoms with E-state index in [4.69, 9.17) is 10.1 Å². The Labute approximate surface area is 97.1 Å². The maximum absolute atomic E-state index is 11.3. The molecule has 0 fully saturated rings. The molecule has 15 heavy (non-hydrogen) atoms. The van der Waals surface area contributed by atoms with Crippen LogP contribution in [0.3, 0.4) is 0 Å². The highest BCUT2D eigenvalue weighted by atomic mass is 79.9. The summed E-state index contributed by atoms with van der Waals surface area (Å²) in [6.07, 6.45) is 0. The number of hydrogen-bond acceptors (Lipinski definition) is 3. The highest BCUT2D eigenvalue weighted by Crippen LogP contribution is 2.16. The summed E-state index contributed by atoms with van der Waals surface area (Å²) in [5, 5.41) is 7.66. The lowest BCUT2D eigenvalue weighted by atomic mass is 10.0. The number of nitrogens with one attached hydrogen (secondary N) is 1. The molecule has 0 heterocycles. The molecule has 0 radical (unpaired) electrons. The van der Waals surface area contributed by atoms with Crippen LogP contribution in [0.25, 0.3) is 0 Å². The van der Waals surface area contributed by atoms with Gasteiger partial charge in [0.2, 0.25) is 0 Å². The molecule has 0 unspecified atom stereocenters. The molecule has 3 nitrogen and oxygen atoms in total. The predicted octanol–water partition coefficient (Wildman–Crippen LogP) is 2.69. The molecule has 0 aliphatic carbocycles. The third kappa shape index (κ3) is 2.89. The van der Waals surface area contributed by atoms with Crippen LogP contribution in [0.1, 0.15) is 18.1 Å². The third-order valence-corrected chi connectivity index (χ3v) is 2.43. The van der Waals surface area contributed by atoms with Crippen molar-refractivity contribution in [2.75, 3.05) is 6.61 Å². The van der Waals surface area contributed by atoms with Gasteiger partial charge in [0.05, 0.1) is 6.61 Å². The van der Waals surface area contributed by atoms with E-state index in [0.29, 0.717) is 5.56 Å². The smallest absolute Gasteiger partial charge is 0.356 e. The maximum Gasteiger partial charge on any atom is 0.356 e. The van der Waals surface area contributed by atoms with Crippen molar-refractivity contribution in [3.63, 3.8) is 0 Å². The van der Waals surface area contributed by atoms with Gasteiger partial charge in [-0.1, -0.05) is 22.0 Å². The van der Waals surface area contributed by atoms with Crippen molar-refractivity contribution in [1.29, 1.82) is 5.41 Å². The van der Waals surface area contributed by atoms with E-state index in [1.165, 1.54) is 0 Å². The minimum atomic E-state index is -0.581. The minimum absolute atomic E-state index is 0.0955. The average molecular weight is 270 g/mol. The average Bonchev–Trinajstić information content (AvgIpc) is 2.17. The SMILES string of the molecule is CCOC(=O)C(=N)c1ccc(Br)cc1C. The van der Waals surface area contributed by atoms with Gasteiger partial charge in [0.1, 0.15) is 5.71 Å². The number of ether oxygens (including phenoxy) is 1. The number of hydrogen-bond donors (Lipinski definition) is 1. The standard InChI is InChI=1S/C11H12BrNO2/c1-3-15-11(14)10(13)9-5-4-8(12)6-7(9)2/h4-6,13H,3H2,1-2H3. The van der Waals surface area contributed by atoms with E-state index in [2.05, 4.69) is 15.9 Å². The molecule has 1 aromatic rings. The van der Waals surface area contributed by atoms with Crippen LogP contribution in [0.5, 0.6) is 0 Å². The molecule has 0 saturated carbocycles. The molecule has 0 spiro atoms. The molecule has 0 amide bonds. The summed E-state index contributed by atoms with van der Waals surface area (Å²) in [5.74, 6) is -0.581. The Morgan fingerprint density at radius 3 is 2.73 bits per heavy atom. The highest BCUT2D eigenvalue weighted by Gasteiger charge is 2.14. The topological polar surface area (TPSA) is 50.2 Å². The third-order valence-electron chi connectivity index (χ3n) is 1.94. The maximum atomic E-state index is 11.3. The summed E-state index contributed by atoms with van der Waals surface area (Å²) in [6, 6.07) is 5.40. The van der Waals surface area contributed by atoms with Gasteiger partial charge in [0.15, 0.2) is 0 Å². The van der Waals surface area contributed by atoms with Gasteiger partial charge >= 0.3 is 5.97 Å². The summed E-state index contributed by atoms with van der Waals surface area (Å²) in [6.45, 7) is 3.87. The summed E-state index contributed by atoms with van der Waals surface area (Å²) in [7, 11) is 0. The summed E-state index contributed by atoms with van der Waals surface area (Å²) in [5.41, 5.74) is 1.39. The molecule has 1 aromatic carbocycles. The molecule has 80 valence electrons. The highest BCUT2D eigenvalue weighted by molar-refractivity contribution is 9.10. The van der Waals surface area contributed by atoms with Crippen molar-refractivity contribution < 1.29 is 9.53 Å². The van der Waals surface area contributed by atoms with Crippen LogP contribution in [0.15, 0.2) is 22.7 Å². The summed E-state index contributed by atoms with van der Waals surface area (Å²) < 4.78 is 5.70. The van der Waals surface area contributed by atoms with Gasteiger partial charge in [-0.3, -0.25) is 5.41 Å². The van der Waals surface area contributed by atoms with Crippen molar-refractivity contribution in [3.8, 4) is 0 Å². The number of halogens is 1. The van der Waals surface area contributed by atoms with Crippen LogP contribution in [0.2, 0.25) is 0 Å². The van der Waals surface area contributed by atoms with Gasteiger partial charge in [-0.2, -0.15) is 0 Å². The Bertz CT molecular complexity index is 402. The van der Waals surface area contributed by atoms with Crippen LogP contribution < -0.4 is 0 Å². The van der Waals surface area contributed by atoms with Crippen LogP contribution in [0.4, 0.5) is 0 Å². The first-order valence-electron chi connectivity index (χ1n) is 4.58. The van der Waals surface area contributed by atoms with E-state index in [0.717, 1.165) is 10.0 Å². The zero-order chi connectivity index (χ0) is 11.4. The van der Waals surface area contributed by atoms with Gasteiger partial charge in [-0.25, -0.2) is 4.79 Å². The fourth-order valence-corrected chi connectivity index (χ4v) is 1.70. The largest absolute Gasteiger partial charge is 0.461 e. The Kier molecular flexibility index (Phi) is 4.03. The second kappa shape index (κ2) is 5.07. The number of carbonyl (C=O) groups excluding carboxylic acids is 1. The quantitative estimate of drug-likeness (QED) is 0.678. The van der Waals surface area contributed by atoms with Crippen LogP contribution in [0, 0.1) is 12.3 Å².